The predicted octanol–water partition coefficient (Wildman–Crippen LogP) is 3.40. The van der Waals surface area contributed by atoms with Crippen molar-refractivity contribution in [1.82, 2.24) is 5.32 Å². The summed E-state index contributed by atoms with van der Waals surface area (Å²) in [6.45, 7) is 0.830. The number of hydrogen-bond acceptors (Lipinski definition) is 4. The Hall–Kier alpha value is -0.750. The highest BCUT2D eigenvalue weighted by atomic mass is 35.5. The van der Waals surface area contributed by atoms with E-state index >= 15 is 0 Å². The maximum absolute atomic E-state index is 12.1. The fourth-order valence-corrected chi connectivity index (χ4v) is 3.96. The number of thiophene rings is 1. The fourth-order valence-electron chi connectivity index (χ4n) is 1.75. The van der Waals surface area contributed by atoms with E-state index in [9.17, 15) is 4.79 Å². The number of aliphatic hydroxyl groups is 1. The molecule has 0 fully saturated rings. The van der Waals surface area contributed by atoms with Crippen LogP contribution >= 0.6 is 34.7 Å². The van der Waals surface area contributed by atoms with Gasteiger partial charge in [0.05, 0.1) is 5.02 Å². The smallest absolute Gasteiger partial charge is 0.262 e. The molecule has 1 amide bonds. The highest BCUT2D eigenvalue weighted by Crippen LogP contribution is 2.34. The first-order valence-electron chi connectivity index (χ1n) is 6.38. The van der Waals surface area contributed by atoms with E-state index in [2.05, 4.69) is 5.32 Å². The minimum atomic E-state index is -0.112. The lowest BCUT2D eigenvalue weighted by molar-refractivity contribution is 0.0960. The van der Waals surface area contributed by atoms with Crippen LogP contribution in [0.3, 0.4) is 0 Å². The van der Waals surface area contributed by atoms with Gasteiger partial charge in [0.2, 0.25) is 0 Å². The second kappa shape index (κ2) is 7.88. The maximum atomic E-state index is 12.1. The second-order valence-corrected chi connectivity index (χ2v) is 6.84. The third-order valence-electron chi connectivity index (χ3n) is 2.72. The van der Waals surface area contributed by atoms with Crippen molar-refractivity contribution in [3.05, 3.63) is 34.2 Å². The Morgan fingerprint density at radius 3 is 2.90 bits per heavy atom. The molecule has 108 valence electrons. The monoisotopic (exact) mass is 329 g/mol. The van der Waals surface area contributed by atoms with E-state index in [1.807, 2.05) is 24.3 Å². The number of benzene rings is 1. The third-order valence-corrected chi connectivity index (χ3v) is 5.46. The van der Waals surface area contributed by atoms with Crippen LogP contribution in [0.4, 0.5) is 0 Å². The van der Waals surface area contributed by atoms with E-state index in [1.165, 1.54) is 11.3 Å². The van der Waals surface area contributed by atoms with Crippen LogP contribution in [-0.2, 0) is 0 Å². The zero-order valence-corrected chi connectivity index (χ0v) is 13.3. The predicted molar refractivity (Wildman–Crippen MR) is 88.2 cm³/mol. The highest BCUT2D eigenvalue weighted by molar-refractivity contribution is 7.99. The lowest BCUT2D eigenvalue weighted by Gasteiger charge is -2.03. The maximum Gasteiger partial charge on any atom is 0.262 e. The van der Waals surface area contributed by atoms with Gasteiger partial charge in [0.1, 0.15) is 4.88 Å². The number of nitrogens with one attached hydrogen (secondary N) is 1. The standard InChI is InChI=1S/C14H16ClNO2S2/c15-12-10-4-1-2-5-11(10)20-13(12)14(18)16-6-9-19-8-3-7-17/h1-2,4-5,17H,3,6-9H2,(H,16,18). The lowest BCUT2D eigenvalue weighted by Crippen LogP contribution is -2.25. The summed E-state index contributed by atoms with van der Waals surface area (Å²) in [4.78, 5) is 12.7. The summed E-state index contributed by atoms with van der Waals surface area (Å²) >= 11 is 9.39. The number of thioether (sulfide) groups is 1. The number of fused-ring (bicyclic) bond motifs is 1. The van der Waals surface area contributed by atoms with Crippen molar-refractivity contribution in [3.63, 3.8) is 0 Å². The van der Waals surface area contributed by atoms with Crippen molar-refractivity contribution < 1.29 is 9.90 Å². The molecule has 1 aromatic carbocycles. The Balaban J connectivity index is 1.89. The van der Waals surface area contributed by atoms with Gasteiger partial charge in [0, 0.05) is 29.0 Å². The summed E-state index contributed by atoms with van der Waals surface area (Å²) in [5.41, 5.74) is 0. The zero-order chi connectivity index (χ0) is 14.4. The van der Waals surface area contributed by atoms with Crippen molar-refractivity contribution in [2.24, 2.45) is 0 Å². The highest BCUT2D eigenvalue weighted by Gasteiger charge is 2.16. The molecule has 0 spiro atoms. The number of rotatable bonds is 7. The minimum absolute atomic E-state index is 0.112. The number of carbonyl (C=O) groups is 1. The molecular weight excluding hydrogens is 314 g/mol. The summed E-state index contributed by atoms with van der Waals surface area (Å²) in [6, 6.07) is 7.75. The Morgan fingerprint density at radius 1 is 1.35 bits per heavy atom. The minimum Gasteiger partial charge on any atom is -0.396 e. The van der Waals surface area contributed by atoms with Crippen LogP contribution in [0.25, 0.3) is 10.1 Å². The summed E-state index contributed by atoms with van der Waals surface area (Å²) in [7, 11) is 0. The molecule has 0 aliphatic heterocycles. The molecule has 0 atom stereocenters. The van der Waals surface area contributed by atoms with E-state index in [4.69, 9.17) is 16.7 Å². The molecule has 1 aromatic heterocycles. The third kappa shape index (κ3) is 3.88. The van der Waals surface area contributed by atoms with Crippen LogP contribution in [-0.4, -0.2) is 35.7 Å². The molecule has 0 aliphatic carbocycles. The Bertz CT molecular complexity index is 586. The van der Waals surface area contributed by atoms with Crippen LogP contribution in [0, 0.1) is 0 Å². The topological polar surface area (TPSA) is 49.3 Å². The van der Waals surface area contributed by atoms with Gasteiger partial charge < -0.3 is 10.4 Å². The van der Waals surface area contributed by atoms with E-state index < -0.39 is 0 Å². The molecule has 1 heterocycles. The Morgan fingerprint density at radius 2 is 2.15 bits per heavy atom. The van der Waals surface area contributed by atoms with Gasteiger partial charge in [-0.3, -0.25) is 4.79 Å². The molecule has 0 radical (unpaired) electrons. The van der Waals surface area contributed by atoms with Gasteiger partial charge in [-0.05, 0) is 18.2 Å². The Kier molecular flexibility index (Phi) is 6.16. The van der Waals surface area contributed by atoms with E-state index in [0.717, 1.165) is 28.0 Å². The van der Waals surface area contributed by atoms with E-state index in [0.29, 0.717) is 16.4 Å². The van der Waals surface area contributed by atoms with Gasteiger partial charge in [-0.1, -0.05) is 29.8 Å². The molecule has 20 heavy (non-hydrogen) atoms. The van der Waals surface area contributed by atoms with Gasteiger partial charge in [-0.25, -0.2) is 0 Å². The quantitative estimate of drug-likeness (QED) is 0.765. The number of carbonyl (C=O) groups excluding carboxylic acids is 1. The van der Waals surface area contributed by atoms with Gasteiger partial charge in [0.15, 0.2) is 0 Å². The van der Waals surface area contributed by atoms with Crippen LogP contribution in [0.2, 0.25) is 5.02 Å². The molecule has 0 unspecified atom stereocenters. The number of aliphatic hydroxyl groups excluding tert-OH is 1. The molecule has 2 rings (SSSR count). The molecule has 0 aliphatic rings. The van der Waals surface area contributed by atoms with Crippen molar-refractivity contribution in [2.75, 3.05) is 24.7 Å². The fraction of sp³-hybridized carbons (Fsp3) is 0.357. The van der Waals surface area contributed by atoms with Crippen LogP contribution in [0.15, 0.2) is 24.3 Å². The Labute approximate surface area is 131 Å². The van der Waals surface area contributed by atoms with Gasteiger partial charge in [-0.15, -0.1) is 11.3 Å². The van der Waals surface area contributed by atoms with Gasteiger partial charge in [0.25, 0.3) is 5.91 Å². The van der Waals surface area contributed by atoms with Crippen LogP contribution < -0.4 is 5.32 Å². The first kappa shape index (κ1) is 15.6. The van der Waals surface area contributed by atoms with E-state index in [1.54, 1.807) is 11.8 Å². The molecule has 0 bridgehead atoms. The SMILES string of the molecule is O=C(NCCSCCCO)c1sc2ccccc2c1Cl. The molecule has 0 saturated carbocycles. The lowest BCUT2D eigenvalue weighted by atomic mass is 10.2. The van der Waals surface area contributed by atoms with Crippen molar-refractivity contribution in [1.29, 1.82) is 0 Å². The second-order valence-electron chi connectivity index (χ2n) is 4.19. The van der Waals surface area contributed by atoms with Crippen molar-refractivity contribution in [3.8, 4) is 0 Å². The average molecular weight is 330 g/mol. The van der Waals surface area contributed by atoms with Gasteiger partial charge >= 0.3 is 0 Å². The first-order chi connectivity index (χ1) is 9.74. The summed E-state index contributed by atoms with van der Waals surface area (Å²) in [5, 5.41) is 13.0. The molecule has 2 N–H and O–H groups in total. The average Bonchev–Trinajstić information content (AvgIpc) is 2.80. The largest absolute Gasteiger partial charge is 0.396 e. The van der Waals surface area contributed by atoms with Gasteiger partial charge in [-0.2, -0.15) is 11.8 Å². The summed E-state index contributed by atoms with van der Waals surface area (Å²) in [6.07, 6.45) is 0.792. The van der Waals surface area contributed by atoms with E-state index in [-0.39, 0.29) is 12.5 Å². The molecule has 3 nitrogen and oxygen atoms in total. The molecule has 0 saturated heterocycles. The number of amides is 1. The van der Waals surface area contributed by atoms with Crippen LogP contribution in [0.1, 0.15) is 16.1 Å². The zero-order valence-electron chi connectivity index (χ0n) is 10.9. The molecule has 2 aromatic rings. The summed E-state index contributed by atoms with van der Waals surface area (Å²) < 4.78 is 1.03. The van der Waals surface area contributed by atoms with Crippen molar-refractivity contribution in [2.45, 2.75) is 6.42 Å². The molecular formula is C14H16ClNO2S2. The first-order valence-corrected chi connectivity index (χ1v) is 8.72. The number of halogens is 1. The number of hydrogen-bond donors (Lipinski definition) is 2. The normalized spacial score (nSPS) is 10.9. The molecule has 6 heteroatoms. The summed E-state index contributed by atoms with van der Waals surface area (Å²) in [5.74, 6) is 1.64. The van der Waals surface area contributed by atoms with Crippen LogP contribution in [0.5, 0.6) is 0 Å². The van der Waals surface area contributed by atoms with Crippen molar-refractivity contribution >= 4 is 50.7 Å².